The van der Waals surface area contributed by atoms with E-state index in [1.54, 1.807) is 23.1 Å². The number of likely N-dealkylation sites (tertiary alicyclic amines) is 1. The van der Waals surface area contributed by atoms with Gasteiger partial charge in [0, 0.05) is 30.3 Å². The summed E-state index contributed by atoms with van der Waals surface area (Å²) in [6.45, 7) is 0.865. The number of rotatable bonds is 7. The smallest absolute Gasteiger partial charge is 0.251 e. The summed E-state index contributed by atoms with van der Waals surface area (Å²) in [5.74, 6) is 0.263. The van der Waals surface area contributed by atoms with Crippen molar-refractivity contribution < 1.29 is 23.9 Å². The van der Waals surface area contributed by atoms with Gasteiger partial charge in [-0.15, -0.1) is 0 Å². The number of nitrogens with zero attached hydrogens (tertiary/aromatic N) is 1. The number of amides is 3. The predicted octanol–water partition coefficient (Wildman–Crippen LogP) is 2.31. The van der Waals surface area contributed by atoms with Crippen LogP contribution in [0.2, 0.25) is 0 Å². The quantitative estimate of drug-likeness (QED) is 0.710. The number of anilines is 1. The van der Waals surface area contributed by atoms with Gasteiger partial charge >= 0.3 is 0 Å². The molecule has 0 atom stereocenters. The van der Waals surface area contributed by atoms with E-state index in [0.29, 0.717) is 43.0 Å². The number of hydrogen-bond donors (Lipinski definition) is 2. The first-order valence-electron chi connectivity index (χ1n) is 10.2. The fourth-order valence-electron chi connectivity index (χ4n) is 3.50. The van der Waals surface area contributed by atoms with Crippen molar-refractivity contribution >= 4 is 23.4 Å². The van der Waals surface area contributed by atoms with E-state index in [1.807, 2.05) is 30.3 Å². The molecular weight excluding hydrogens is 398 g/mol. The van der Waals surface area contributed by atoms with Crippen LogP contribution in [-0.2, 0) is 9.59 Å². The summed E-state index contributed by atoms with van der Waals surface area (Å²) in [6, 6.07) is 14.1. The normalized spacial score (nSPS) is 13.9. The van der Waals surface area contributed by atoms with Gasteiger partial charge in [0.15, 0.2) is 11.5 Å². The van der Waals surface area contributed by atoms with Gasteiger partial charge in [-0.25, -0.2) is 0 Å². The van der Waals surface area contributed by atoms with Crippen LogP contribution in [0.3, 0.4) is 0 Å². The van der Waals surface area contributed by atoms with E-state index in [4.69, 9.17) is 9.47 Å². The number of ether oxygens (including phenoxy) is 2. The molecule has 1 saturated heterocycles. The molecule has 2 aromatic rings. The molecule has 1 heterocycles. The Morgan fingerprint density at radius 3 is 2.29 bits per heavy atom. The summed E-state index contributed by atoms with van der Waals surface area (Å²) in [6.07, 6.45) is 1.18. The number of methoxy groups -OCH3 is 2. The minimum absolute atomic E-state index is 0.0277. The van der Waals surface area contributed by atoms with Crippen LogP contribution in [0.5, 0.6) is 11.5 Å². The highest BCUT2D eigenvalue weighted by Crippen LogP contribution is 2.27. The minimum Gasteiger partial charge on any atom is -0.493 e. The molecule has 0 saturated carbocycles. The summed E-state index contributed by atoms with van der Waals surface area (Å²) in [7, 11) is 3.01. The second-order valence-electron chi connectivity index (χ2n) is 7.26. The molecule has 0 spiro atoms. The number of benzene rings is 2. The molecule has 3 rings (SSSR count). The van der Waals surface area contributed by atoms with Gasteiger partial charge in [-0.1, -0.05) is 18.2 Å². The third-order valence-electron chi connectivity index (χ3n) is 5.31. The number of carbonyl (C=O) groups excluding carboxylic acids is 3. The van der Waals surface area contributed by atoms with Gasteiger partial charge in [-0.05, 0) is 43.2 Å². The molecule has 0 radical (unpaired) electrons. The maximum Gasteiger partial charge on any atom is 0.251 e. The molecule has 2 aromatic carbocycles. The zero-order chi connectivity index (χ0) is 22.2. The van der Waals surface area contributed by atoms with Crippen LogP contribution in [0, 0.1) is 5.92 Å². The molecule has 1 fully saturated rings. The third-order valence-corrected chi connectivity index (χ3v) is 5.31. The van der Waals surface area contributed by atoms with Gasteiger partial charge in [0.1, 0.15) is 0 Å². The van der Waals surface area contributed by atoms with Gasteiger partial charge in [-0.3, -0.25) is 14.4 Å². The predicted molar refractivity (Wildman–Crippen MR) is 116 cm³/mol. The number of piperidine rings is 1. The fraction of sp³-hybridized carbons (Fsp3) is 0.348. The van der Waals surface area contributed by atoms with E-state index in [2.05, 4.69) is 10.6 Å². The lowest BCUT2D eigenvalue weighted by Gasteiger charge is -2.31. The number of hydrogen-bond acceptors (Lipinski definition) is 5. The fourth-order valence-corrected chi connectivity index (χ4v) is 3.50. The van der Waals surface area contributed by atoms with E-state index in [1.165, 1.54) is 14.2 Å². The Kier molecular flexibility index (Phi) is 7.48. The molecule has 164 valence electrons. The molecule has 1 aliphatic rings. The van der Waals surface area contributed by atoms with Gasteiger partial charge in [0.25, 0.3) is 5.91 Å². The monoisotopic (exact) mass is 425 g/mol. The van der Waals surface area contributed by atoms with Gasteiger partial charge < -0.3 is 25.0 Å². The first kappa shape index (κ1) is 22.1. The van der Waals surface area contributed by atoms with Crippen LogP contribution in [0.15, 0.2) is 48.5 Å². The van der Waals surface area contributed by atoms with Crippen LogP contribution >= 0.6 is 0 Å². The molecule has 3 amide bonds. The highest BCUT2D eigenvalue weighted by molar-refractivity contribution is 5.97. The van der Waals surface area contributed by atoms with Crippen molar-refractivity contribution in [3.8, 4) is 11.5 Å². The Bertz CT molecular complexity index is 924. The standard InChI is InChI=1S/C23H27N3O5/c1-30-19-9-8-17(14-20(19)31-2)22(28)24-15-21(27)26-12-10-16(11-13-26)23(29)25-18-6-4-3-5-7-18/h3-9,14,16H,10-13,15H2,1-2H3,(H,24,28)(H,25,29). The van der Waals surface area contributed by atoms with E-state index in [9.17, 15) is 14.4 Å². The Hall–Kier alpha value is -3.55. The molecule has 1 aliphatic heterocycles. The van der Waals surface area contributed by atoms with Crippen LogP contribution in [0.4, 0.5) is 5.69 Å². The molecule has 0 aliphatic carbocycles. The van der Waals surface area contributed by atoms with E-state index < -0.39 is 0 Å². The second-order valence-corrected chi connectivity index (χ2v) is 7.26. The molecule has 0 unspecified atom stereocenters. The van der Waals surface area contributed by atoms with Crippen LogP contribution in [0.25, 0.3) is 0 Å². The molecule has 0 aromatic heterocycles. The maximum absolute atomic E-state index is 12.5. The maximum atomic E-state index is 12.5. The molecule has 31 heavy (non-hydrogen) atoms. The summed E-state index contributed by atoms with van der Waals surface area (Å²) < 4.78 is 10.4. The highest BCUT2D eigenvalue weighted by Gasteiger charge is 2.27. The summed E-state index contributed by atoms with van der Waals surface area (Å²) in [4.78, 5) is 39.0. The average Bonchev–Trinajstić information content (AvgIpc) is 2.82. The van der Waals surface area contributed by atoms with E-state index >= 15 is 0 Å². The zero-order valence-corrected chi connectivity index (χ0v) is 17.7. The van der Waals surface area contributed by atoms with Crippen molar-refractivity contribution in [2.75, 3.05) is 39.2 Å². The number of nitrogens with one attached hydrogen (secondary N) is 2. The molecule has 8 heteroatoms. The topological polar surface area (TPSA) is 97.0 Å². The highest BCUT2D eigenvalue weighted by atomic mass is 16.5. The lowest BCUT2D eigenvalue weighted by molar-refractivity contribution is -0.133. The summed E-state index contributed by atoms with van der Waals surface area (Å²) in [5.41, 5.74) is 1.14. The molecule has 8 nitrogen and oxygen atoms in total. The van der Waals surface area contributed by atoms with E-state index in [0.717, 1.165) is 5.69 Å². The van der Waals surface area contributed by atoms with Crippen molar-refractivity contribution in [1.29, 1.82) is 0 Å². The minimum atomic E-state index is -0.369. The lowest BCUT2D eigenvalue weighted by atomic mass is 9.95. The van der Waals surface area contributed by atoms with Crippen LogP contribution in [0.1, 0.15) is 23.2 Å². The van der Waals surface area contributed by atoms with Gasteiger partial charge in [0.05, 0.1) is 20.8 Å². The second kappa shape index (κ2) is 10.5. The van der Waals surface area contributed by atoms with Crippen molar-refractivity contribution in [3.63, 3.8) is 0 Å². The summed E-state index contributed by atoms with van der Waals surface area (Å²) in [5, 5.41) is 5.56. The van der Waals surface area contributed by atoms with Crippen molar-refractivity contribution in [1.82, 2.24) is 10.2 Å². The van der Waals surface area contributed by atoms with Crippen molar-refractivity contribution in [2.45, 2.75) is 12.8 Å². The SMILES string of the molecule is COc1ccc(C(=O)NCC(=O)N2CCC(C(=O)Nc3ccccc3)CC2)cc1OC. The molecule has 2 N–H and O–H groups in total. The Balaban J connectivity index is 1.45. The van der Waals surface area contributed by atoms with Crippen molar-refractivity contribution in [2.24, 2.45) is 5.92 Å². The van der Waals surface area contributed by atoms with Crippen LogP contribution in [-0.4, -0.2) is 56.5 Å². The van der Waals surface area contributed by atoms with E-state index in [-0.39, 0.29) is 30.2 Å². The lowest BCUT2D eigenvalue weighted by Crippen LogP contribution is -2.45. The van der Waals surface area contributed by atoms with Gasteiger partial charge in [0.2, 0.25) is 11.8 Å². The Labute approximate surface area is 181 Å². The number of para-hydroxylation sites is 1. The Morgan fingerprint density at radius 1 is 0.968 bits per heavy atom. The first-order chi connectivity index (χ1) is 15.0. The molecule has 0 bridgehead atoms. The van der Waals surface area contributed by atoms with Crippen LogP contribution < -0.4 is 20.1 Å². The molecular formula is C23H27N3O5. The third kappa shape index (κ3) is 5.75. The Morgan fingerprint density at radius 2 is 1.65 bits per heavy atom. The van der Waals surface area contributed by atoms with Crippen molar-refractivity contribution in [3.05, 3.63) is 54.1 Å². The average molecular weight is 425 g/mol. The van der Waals surface area contributed by atoms with Gasteiger partial charge in [-0.2, -0.15) is 0 Å². The summed E-state index contributed by atoms with van der Waals surface area (Å²) >= 11 is 0. The zero-order valence-electron chi connectivity index (χ0n) is 17.7. The first-order valence-corrected chi connectivity index (χ1v) is 10.2. The number of carbonyl (C=O) groups is 3. The largest absolute Gasteiger partial charge is 0.493 e.